The maximum absolute atomic E-state index is 12.0. The summed E-state index contributed by atoms with van der Waals surface area (Å²) in [4.78, 5) is 103. The van der Waals surface area contributed by atoms with Gasteiger partial charge in [0.2, 0.25) is 0 Å². The molecular formula is C52H56N8O8. The smallest absolute Gasteiger partial charge is 0.261 e. The Morgan fingerprint density at radius 3 is 1.38 bits per heavy atom. The molecule has 2 amide bonds. The van der Waals surface area contributed by atoms with Crippen molar-refractivity contribution in [2.45, 2.75) is 54.4 Å². The number of nitrogens with zero attached hydrogens (tertiary/aromatic N) is 6. The minimum absolute atomic E-state index is 0.0181. The molecule has 68 heavy (non-hydrogen) atoms. The van der Waals surface area contributed by atoms with Gasteiger partial charge in [-0.1, -0.05) is 32.0 Å². The van der Waals surface area contributed by atoms with Crippen molar-refractivity contribution < 1.29 is 19.2 Å². The number of fused-ring (bicyclic) bond motifs is 4. The van der Waals surface area contributed by atoms with Crippen LogP contribution in [0.15, 0.2) is 104 Å². The number of Topliss-reactive ketones (excluding diaryl/α,β-unsaturated/α-hetero) is 2. The quantitative estimate of drug-likeness (QED) is 0.184. The lowest BCUT2D eigenvalue weighted by molar-refractivity contribution is 0.0955. The van der Waals surface area contributed by atoms with Crippen LogP contribution in [0.1, 0.15) is 91.2 Å². The van der Waals surface area contributed by atoms with E-state index in [0.29, 0.717) is 79.3 Å². The molecule has 0 aliphatic heterocycles. The molecule has 0 aliphatic rings. The van der Waals surface area contributed by atoms with E-state index in [1.165, 1.54) is 9.13 Å². The van der Waals surface area contributed by atoms with Gasteiger partial charge in [0.1, 0.15) is 11.6 Å². The van der Waals surface area contributed by atoms with E-state index < -0.39 is 0 Å². The highest BCUT2D eigenvalue weighted by Gasteiger charge is 2.12. The largest absolute Gasteiger partial charge is 0.355 e. The van der Waals surface area contributed by atoms with Gasteiger partial charge in [0.25, 0.3) is 34.1 Å². The van der Waals surface area contributed by atoms with Crippen molar-refractivity contribution in [1.82, 2.24) is 38.9 Å². The number of carbonyl (C=O) groups is 4. The van der Waals surface area contributed by atoms with E-state index in [4.69, 9.17) is 0 Å². The van der Waals surface area contributed by atoms with E-state index in [1.807, 2.05) is 39.8 Å². The van der Waals surface area contributed by atoms with Crippen LogP contribution in [0.25, 0.3) is 43.4 Å². The predicted octanol–water partition coefficient (Wildman–Crippen LogP) is 6.08. The highest BCUT2D eigenvalue weighted by atomic mass is 16.2. The first-order chi connectivity index (χ1) is 32.2. The number of hydrogen-bond donors (Lipinski definition) is 2. The highest BCUT2D eigenvalue weighted by Crippen LogP contribution is 2.17. The van der Waals surface area contributed by atoms with Gasteiger partial charge in [-0.3, -0.25) is 47.5 Å². The minimum Gasteiger partial charge on any atom is -0.355 e. The number of carbonyl (C=O) groups excluding carboxylic acids is 4. The van der Waals surface area contributed by atoms with Crippen LogP contribution in [0.4, 0.5) is 0 Å². The van der Waals surface area contributed by atoms with E-state index in [0.717, 1.165) is 22.2 Å². The molecule has 0 aliphatic carbocycles. The number of pyridine rings is 2. The molecular weight excluding hydrogens is 865 g/mol. The number of hydrogen-bond acceptors (Lipinski definition) is 10. The molecule has 8 aromatic rings. The zero-order chi connectivity index (χ0) is 50.3. The van der Waals surface area contributed by atoms with Crippen LogP contribution >= 0.6 is 0 Å². The molecule has 16 heteroatoms. The lowest BCUT2D eigenvalue weighted by Crippen LogP contribution is -2.22. The van der Waals surface area contributed by atoms with Gasteiger partial charge in [0, 0.05) is 99.5 Å². The number of aryl methyl sites for hydroxylation is 4. The topological polar surface area (TPSA) is 206 Å². The van der Waals surface area contributed by atoms with Crippen LogP contribution in [-0.2, 0) is 28.2 Å². The van der Waals surface area contributed by atoms with Crippen molar-refractivity contribution >= 4 is 66.7 Å². The molecule has 0 fully saturated rings. The van der Waals surface area contributed by atoms with E-state index >= 15 is 0 Å². The number of rotatable bonds is 6. The van der Waals surface area contributed by atoms with Crippen LogP contribution in [-0.4, -0.2) is 65.7 Å². The Kier molecular flexibility index (Phi) is 16.0. The van der Waals surface area contributed by atoms with E-state index in [2.05, 4.69) is 20.6 Å². The number of ketones is 2. The zero-order valence-electron chi connectivity index (χ0n) is 40.4. The van der Waals surface area contributed by atoms with Gasteiger partial charge in [0.15, 0.2) is 11.6 Å². The minimum atomic E-state index is -0.213. The summed E-state index contributed by atoms with van der Waals surface area (Å²) in [7, 11) is 9.95. The zero-order valence-corrected chi connectivity index (χ0v) is 40.4. The van der Waals surface area contributed by atoms with Gasteiger partial charge < -0.3 is 19.8 Å². The van der Waals surface area contributed by atoms with Crippen molar-refractivity contribution in [3.8, 4) is 0 Å². The van der Waals surface area contributed by atoms with Crippen molar-refractivity contribution in [1.29, 1.82) is 0 Å². The molecule has 0 saturated heterocycles. The lowest BCUT2D eigenvalue weighted by Gasteiger charge is -2.07. The fourth-order valence-electron chi connectivity index (χ4n) is 7.16. The number of aromatic nitrogens is 6. The molecule has 0 radical (unpaired) electrons. The van der Waals surface area contributed by atoms with Gasteiger partial charge in [0.05, 0.1) is 21.8 Å². The SMILES string of the molecule is CCC(=O)c1ccc2c(=O)n(C)c(C)cc2c1.CCC(=O)c1ccc2c(=O)n(C)c(C)nc2c1.CNC(=O)c1ccc2cc(C)n(C)c(=O)c2c1.CNC(=O)c1ccc2nc(C)n(C)c(=O)c2c1. The Morgan fingerprint density at radius 1 is 0.441 bits per heavy atom. The molecule has 352 valence electrons. The Morgan fingerprint density at radius 2 is 0.853 bits per heavy atom. The fourth-order valence-corrected chi connectivity index (χ4v) is 7.16. The molecule has 0 unspecified atom stereocenters. The van der Waals surface area contributed by atoms with Gasteiger partial charge in [-0.2, -0.15) is 0 Å². The van der Waals surface area contributed by atoms with Gasteiger partial charge in [-0.05, 0) is 105 Å². The summed E-state index contributed by atoms with van der Waals surface area (Å²) in [5.74, 6) is 1.06. The Balaban J connectivity index is 0.000000169. The molecule has 16 nitrogen and oxygen atoms in total. The number of amides is 2. The van der Waals surface area contributed by atoms with Gasteiger partial charge >= 0.3 is 0 Å². The molecule has 4 aromatic heterocycles. The first kappa shape index (κ1) is 50.9. The molecule has 4 heterocycles. The third-order valence-electron chi connectivity index (χ3n) is 11.8. The predicted molar refractivity (Wildman–Crippen MR) is 267 cm³/mol. The monoisotopic (exact) mass is 920 g/mol. The molecule has 2 N–H and O–H groups in total. The first-order valence-corrected chi connectivity index (χ1v) is 21.8. The Labute approximate surface area is 391 Å². The standard InChI is InChI=1S/C14H15NO2.2C13H14N2O2.C12H13N3O2/c1-4-13(16)10-5-6-12-11(8-10)7-9(2)15(3)14(12)17;1-8-6-9-4-5-10(12(16)14-2)7-11(9)13(17)15(8)3;1-4-12(16)9-5-6-10-11(7-9)14-8(2)15(3)13(10)17;1-7-14-10-5-4-8(11(16)13-2)6-9(10)12(17)15(7)3/h5-8H,4H2,1-3H3;4-7H,1-3H3,(H,14,16);5-7H,4H2,1-3H3;4-6H,1-3H3,(H,13,16). The average Bonchev–Trinajstić information content (AvgIpc) is 3.35. The summed E-state index contributed by atoms with van der Waals surface area (Å²) in [6, 6.07) is 24.3. The van der Waals surface area contributed by atoms with E-state index in [-0.39, 0.29) is 45.6 Å². The summed E-state index contributed by atoms with van der Waals surface area (Å²) in [6.45, 7) is 11.0. The fraction of sp³-hybridized carbons (Fsp3) is 0.269. The second kappa shape index (κ2) is 21.4. The van der Waals surface area contributed by atoms with Crippen molar-refractivity contribution in [3.63, 3.8) is 0 Å². The molecule has 0 saturated carbocycles. The Bertz CT molecular complexity index is 3330. The van der Waals surface area contributed by atoms with Crippen molar-refractivity contribution in [2.75, 3.05) is 14.1 Å². The summed E-state index contributed by atoms with van der Waals surface area (Å²) in [5, 5.41) is 9.00. The summed E-state index contributed by atoms with van der Waals surface area (Å²) < 4.78 is 6.17. The van der Waals surface area contributed by atoms with Crippen LogP contribution < -0.4 is 32.9 Å². The summed E-state index contributed by atoms with van der Waals surface area (Å²) in [6.07, 6.45) is 0.935. The molecule has 8 rings (SSSR count). The van der Waals surface area contributed by atoms with Crippen molar-refractivity contribution in [3.05, 3.63) is 172 Å². The second-order valence-corrected chi connectivity index (χ2v) is 16.1. The molecule has 0 atom stereocenters. The number of benzene rings is 4. The third-order valence-corrected chi connectivity index (χ3v) is 11.8. The first-order valence-electron chi connectivity index (χ1n) is 21.8. The molecule has 0 bridgehead atoms. The maximum atomic E-state index is 12.0. The number of nitrogens with one attached hydrogen (secondary N) is 2. The van der Waals surface area contributed by atoms with Crippen LogP contribution in [0, 0.1) is 27.7 Å². The van der Waals surface area contributed by atoms with Gasteiger partial charge in [-0.15, -0.1) is 0 Å². The molecule has 0 spiro atoms. The summed E-state index contributed by atoms with van der Waals surface area (Å²) >= 11 is 0. The van der Waals surface area contributed by atoms with Crippen LogP contribution in [0.2, 0.25) is 0 Å². The third kappa shape index (κ3) is 10.8. The molecule has 4 aromatic carbocycles. The van der Waals surface area contributed by atoms with E-state index in [9.17, 15) is 38.4 Å². The van der Waals surface area contributed by atoms with Crippen LogP contribution in [0.3, 0.4) is 0 Å². The van der Waals surface area contributed by atoms with Gasteiger partial charge in [-0.25, -0.2) is 9.97 Å². The Hall–Kier alpha value is -8.14. The van der Waals surface area contributed by atoms with Crippen molar-refractivity contribution in [2.24, 2.45) is 28.2 Å². The van der Waals surface area contributed by atoms with Crippen LogP contribution in [0.5, 0.6) is 0 Å². The maximum Gasteiger partial charge on any atom is 0.261 e. The highest BCUT2D eigenvalue weighted by molar-refractivity contribution is 6.01. The lowest BCUT2D eigenvalue weighted by atomic mass is 10.0. The summed E-state index contributed by atoms with van der Waals surface area (Å²) in [5.41, 5.74) is 4.92. The second-order valence-electron chi connectivity index (χ2n) is 16.1. The average molecular weight is 921 g/mol. The van der Waals surface area contributed by atoms with E-state index in [1.54, 1.807) is 138 Å². The normalized spacial score (nSPS) is 10.6.